The van der Waals surface area contributed by atoms with E-state index >= 15 is 0 Å². The number of nitrogens with one attached hydrogen (secondary N) is 2. The number of amides is 1. The first-order valence-electron chi connectivity index (χ1n) is 6.62. The van der Waals surface area contributed by atoms with Gasteiger partial charge in [0, 0.05) is 5.92 Å². The molecule has 1 aliphatic carbocycles. The van der Waals surface area contributed by atoms with Crippen LogP contribution in [-0.2, 0) is 14.8 Å². The molecule has 1 amide bonds. The third-order valence-electron chi connectivity index (χ3n) is 3.18. The van der Waals surface area contributed by atoms with Gasteiger partial charge in [0.1, 0.15) is 10.0 Å². The fourth-order valence-corrected chi connectivity index (χ4v) is 3.93. The predicted molar refractivity (Wildman–Crippen MR) is 82.9 cm³/mol. The van der Waals surface area contributed by atoms with Crippen LogP contribution in [0.25, 0.3) is 0 Å². The summed E-state index contributed by atoms with van der Waals surface area (Å²) in [6, 6.07) is 6.82. The summed E-state index contributed by atoms with van der Waals surface area (Å²) in [6.45, 7) is 0. The molecular formula is C14H13FN2O3S2. The van der Waals surface area contributed by atoms with Crippen molar-refractivity contribution in [3.63, 3.8) is 0 Å². The Hall–Kier alpha value is -1.93. The summed E-state index contributed by atoms with van der Waals surface area (Å²) in [4.78, 5) is 11.7. The molecule has 22 heavy (non-hydrogen) atoms. The molecule has 0 spiro atoms. The molecule has 0 saturated heterocycles. The fraction of sp³-hybridized carbons (Fsp3) is 0.214. The van der Waals surface area contributed by atoms with Crippen molar-refractivity contribution < 1.29 is 17.6 Å². The van der Waals surface area contributed by atoms with Crippen molar-refractivity contribution in [2.75, 3.05) is 10.0 Å². The van der Waals surface area contributed by atoms with E-state index in [9.17, 15) is 17.6 Å². The lowest BCUT2D eigenvalue weighted by molar-refractivity contribution is -0.117. The van der Waals surface area contributed by atoms with Crippen LogP contribution in [0.2, 0.25) is 0 Å². The highest BCUT2D eigenvalue weighted by atomic mass is 32.2. The minimum atomic E-state index is -3.70. The number of hydrogen-bond acceptors (Lipinski definition) is 4. The Bertz CT molecular complexity index is 800. The molecular weight excluding hydrogens is 327 g/mol. The lowest BCUT2D eigenvalue weighted by Crippen LogP contribution is -2.15. The molecule has 1 saturated carbocycles. The number of rotatable bonds is 5. The Balaban J connectivity index is 1.81. The van der Waals surface area contributed by atoms with E-state index in [1.165, 1.54) is 18.2 Å². The van der Waals surface area contributed by atoms with Crippen molar-refractivity contribution in [3.8, 4) is 0 Å². The number of hydrogen-bond donors (Lipinski definition) is 2. The van der Waals surface area contributed by atoms with Gasteiger partial charge in [0.15, 0.2) is 0 Å². The van der Waals surface area contributed by atoms with Crippen molar-refractivity contribution in [2.45, 2.75) is 17.1 Å². The quantitative estimate of drug-likeness (QED) is 0.878. The molecule has 2 N–H and O–H groups in total. The van der Waals surface area contributed by atoms with Gasteiger partial charge in [0.2, 0.25) is 5.91 Å². The summed E-state index contributed by atoms with van der Waals surface area (Å²) in [7, 11) is -3.70. The van der Waals surface area contributed by atoms with Crippen molar-refractivity contribution >= 4 is 38.6 Å². The zero-order valence-corrected chi connectivity index (χ0v) is 13.0. The van der Waals surface area contributed by atoms with Gasteiger partial charge in [-0.25, -0.2) is 12.8 Å². The Kier molecular flexibility index (Phi) is 3.88. The molecule has 8 heteroatoms. The van der Waals surface area contributed by atoms with Crippen LogP contribution in [0.4, 0.5) is 15.8 Å². The Labute approximate surface area is 131 Å². The highest BCUT2D eigenvalue weighted by Gasteiger charge is 2.30. The van der Waals surface area contributed by atoms with E-state index in [4.69, 9.17) is 0 Å². The van der Waals surface area contributed by atoms with Gasteiger partial charge in [-0.1, -0.05) is 6.07 Å². The number of sulfonamides is 1. The first-order valence-corrected chi connectivity index (χ1v) is 8.99. The second-order valence-corrected chi connectivity index (χ2v) is 7.85. The van der Waals surface area contributed by atoms with Crippen LogP contribution in [0.3, 0.4) is 0 Å². The van der Waals surface area contributed by atoms with Gasteiger partial charge in [-0.3, -0.25) is 9.52 Å². The molecule has 1 heterocycles. The molecule has 1 fully saturated rings. The highest BCUT2D eigenvalue weighted by Crippen LogP contribution is 2.31. The molecule has 0 bridgehead atoms. The summed E-state index contributed by atoms with van der Waals surface area (Å²) in [6.07, 6.45) is 1.61. The topological polar surface area (TPSA) is 75.3 Å². The van der Waals surface area contributed by atoms with E-state index < -0.39 is 15.8 Å². The van der Waals surface area contributed by atoms with Crippen LogP contribution in [0, 0.1) is 11.7 Å². The number of carbonyl (C=O) groups excluding carboxylic acids is 1. The Morgan fingerprint density at radius 2 is 2.05 bits per heavy atom. The molecule has 116 valence electrons. The molecule has 0 atom stereocenters. The van der Waals surface area contributed by atoms with E-state index in [0.29, 0.717) is 0 Å². The minimum absolute atomic E-state index is 0.0247. The SMILES string of the molecule is O=C(Nc1cc(NS(=O)(=O)c2cccs2)ccc1F)C1CC1. The molecule has 0 radical (unpaired) electrons. The van der Waals surface area contributed by atoms with E-state index in [1.54, 1.807) is 11.4 Å². The van der Waals surface area contributed by atoms with Gasteiger partial charge in [-0.2, -0.15) is 0 Å². The second kappa shape index (κ2) is 5.69. The van der Waals surface area contributed by atoms with Crippen molar-refractivity contribution in [1.29, 1.82) is 0 Å². The van der Waals surface area contributed by atoms with Crippen LogP contribution in [0.1, 0.15) is 12.8 Å². The number of carbonyl (C=O) groups is 1. The van der Waals surface area contributed by atoms with Crippen LogP contribution >= 0.6 is 11.3 Å². The number of anilines is 2. The Morgan fingerprint density at radius 3 is 2.68 bits per heavy atom. The molecule has 1 aromatic heterocycles. The molecule has 0 aliphatic heterocycles. The van der Waals surface area contributed by atoms with Gasteiger partial charge in [-0.15, -0.1) is 11.3 Å². The second-order valence-electron chi connectivity index (χ2n) is 5.00. The summed E-state index contributed by atoms with van der Waals surface area (Å²) in [5.41, 5.74) is 0.171. The van der Waals surface area contributed by atoms with E-state index in [1.807, 2.05) is 0 Å². The van der Waals surface area contributed by atoms with Gasteiger partial charge in [0.25, 0.3) is 10.0 Å². The molecule has 1 aliphatic rings. The van der Waals surface area contributed by atoms with Gasteiger partial charge in [0.05, 0.1) is 11.4 Å². The van der Waals surface area contributed by atoms with E-state index in [-0.39, 0.29) is 27.4 Å². The van der Waals surface area contributed by atoms with Crippen LogP contribution in [0.15, 0.2) is 39.9 Å². The van der Waals surface area contributed by atoms with Gasteiger partial charge < -0.3 is 5.32 Å². The average Bonchev–Trinajstić information content (AvgIpc) is 3.16. The molecule has 0 unspecified atom stereocenters. The van der Waals surface area contributed by atoms with Crippen LogP contribution in [0.5, 0.6) is 0 Å². The predicted octanol–water partition coefficient (Wildman–Crippen LogP) is 3.04. The number of halogens is 1. The van der Waals surface area contributed by atoms with Crippen molar-refractivity contribution in [2.24, 2.45) is 5.92 Å². The zero-order valence-electron chi connectivity index (χ0n) is 11.4. The highest BCUT2D eigenvalue weighted by molar-refractivity contribution is 7.94. The van der Waals surface area contributed by atoms with E-state index in [2.05, 4.69) is 10.0 Å². The fourth-order valence-electron chi connectivity index (χ4n) is 1.89. The number of thiophene rings is 1. The maximum absolute atomic E-state index is 13.7. The monoisotopic (exact) mass is 340 g/mol. The lowest BCUT2D eigenvalue weighted by Gasteiger charge is -2.10. The number of benzene rings is 1. The van der Waals surface area contributed by atoms with Crippen LogP contribution in [-0.4, -0.2) is 14.3 Å². The smallest absolute Gasteiger partial charge is 0.271 e. The van der Waals surface area contributed by atoms with Gasteiger partial charge >= 0.3 is 0 Å². The maximum Gasteiger partial charge on any atom is 0.271 e. The summed E-state index contributed by atoms with van der Waals surface area (Å²) in [5.74, 6) is -0.906. The third kappa shape index (κ3) is 3.28. The Morgan fingerprint density at radius 1 is 1.27 bits per heavy atom. The van der Waals surface area contributed by atoms with Crippen LogP contribution < -0.4 is 10.0 Å². The molecule has 5 nitrogen and oxygen atoms in total. The van der Waals surface area contributed by atoms with Crippen molar-refractivity contribution in [1.82, 2.24) is 0 Å². The normalized spacial score (nSPS) is 14.6. The standard InChI is InChI=1S/C14H13FN2O3S2/c15-11-6-5-10(8-12(11)16-14(18)9-3-4-9)17-22(19,20)13-2-1-7-21-13/h1-2,5-9,17H,3-4H2,(H,16,18). The molecule has 3 rings (SSSR count). The summed E-state index contributed by atoms with van der Waals surface area (Å²) < 4.78 is 40.5. The minimum Gasteiger partial charge on any atom is -0.323 e. The van der Waals surface area contributed by atoms with Gasteiger partial charge in [-0.05, 0) is 42.5 Å². The van der Waals surface area contributed by atoms with Crippen molar-refractivity contribution in [3.05, 3.63) is 41.5 Å². The van der Waals surface area contributed by atoms with E-state index in [0.717, 1.165) is 30.2 Å². The largest absolute Gasteiger partial charge is 0.323 e. The maximum atomic E-state index is 13.7. The lowest BCUT2D eigenvalue weighted by atomic mass is 10.2. The summed E-state index contributed by atoms with van der Waals surface area (Å²) in [5, 5.41) is 4.14. The first-order chi connectivity index (χ1) is 10.5. The third-order valence-corrected chi connectivity index (χ3v) is 5.96. The molecule has 1 aromatic carbocycles. The first kappa shape index (κ1) is 15.0. The average molecular weight is 340 g/mol. The zero-order chi connectivity index (χ0) is 15.7. The summed E-state index contributed by atoms with van der Waals surface area (Å²) >= 11 is 1.09. The molecule has 2 aromatic rings.